The van der Waals surface area contributed by atoms with Gasteiger partial charge in [-0.25, -0.2) is 0 Å². The van der Waals surface area contributed by atoms with Crippen LogP contribution < -0.4 is 0 Å². The summed E-state index contributed by atoms with van der Waals surface area (Å²) in [4.78, 5) is 0. The molecule has 0 heteroatoms. The van der Waals surface area contributed by atoms with E-state index in [1.165, 1.54) is 44.2 Å². The van der Waals surface area contributed by atoms with Crippen LogP contribution in [0.4, 0.5) is 0 Å². The molecule has 4 aromatic rings. The molecule has 0 fully saturated rings. The lowest BCUT2D eigenvalue weighted by Crippen LogP contribution is -1.94. The number of hydrogen-bond acceptors (Lipinski definition) is 0. The SMILES string of the molecule is C1=Cc2cc(-c3cccc(-c4ccc5ccccc5c4)c3)ccc2CC1.CC.CC. The van der Waals surface area contributed by atoms with Crippen LogP contribution in [0.1, 0.15) is 45.2 Å². The summed E-state index contributed by atoms with van der Waals surface area (Å²) in [7, 11) is 0. The van der Waals surface area contributed by atoms with Gasteiger partial charge in [0.25, 0.3) is 0 Å². The van der Waals surface area contributed by atoms with Crippen molar-refractivity contribution in [3.63, 3.8) is 0 Å². The van der Waals surface area contributed by atoms with E-state index in [1.807, 2.05) is 27.7 Å². The van der Waals surface area contributed by atoms with Crippen LogP contribution in [0.25, 0.3) is 39.1 Å². The van der Waals surface area contributed by atoms with Crippen LogP contribution in [-0.4, -0.2) is 0 Å². The minimum Gasteiger partial charge on any atom is -0.0836 e. The van der Waals surface area contributed by atoms with Gasteiger partial charge < -0.3 is 0 Å². The van der Waals surface area contributed by atoms with Crippen LogP contribution in [-0.2, 0) is 6.42 Å². The zero-order valence-electron chi connectivity index (χ0n) is 18.7. The average molecular weight is 393 g/mol. The van der Waals surface area contributed by atoms with Crippen molar-refractivity contribution in [2.45, 2.75) is 40.5 Å². The van der Waals surface area contributed by atoms with E-state index in [0.29, 0.717) is 0 Å². The van der Waals surface area contributed by atoms with Crippen molar-refractivity contribution < 1.29 is 0 Å². The third-order valence-corrected chi connectivity index (χ3v) is 5.30. The molecule has 0 atom stereocenters. The Hall–Kier alpha value is -3.12. The van der Waals surface area contributed by atoms with Gasteiger partial charge in [0.15, 0.2) is 0 Å². The normalized spacial score (nSPS) is 11.6. The van der Waals surface area contributed by atoms with Crippen LogP contribution in [0.5, 0.6) is 0 Å². The standard InChI is InChI=1S/C26H20.2C2H6/c1-3-8-21-16-25(14-12-19(21)6-1)23-10-5-11-24(18-23)26-15-13-20-7-2-4-9-22(20)17-26;2*1-2/h1,3-6,8-18H,2,7H2;2*1-2H3. The van der Waals surface area contributed by atoms with E-state index in [9.17, 15) is 0 Å². The molecule has 0 saturated carbocycles. The minimum atomic E-state index is 1.16. The third-order valence-electron chi connectivity index (χ3n) is 5.30. The molecule has 4 aromatic carbocycles. The van der Waals surface area contributed by atoms with Gasteiger partial charge in [0.2, 0.25) is 0 Å². The number of aryl methyl sites for hydroxylation is 1. The predicted octanol–water partition coefficient (Wildman–Crippen LogP) is 9.19. The topological polar surface area (TPSA) is 0 Å². The molecule has 0 N–H and O–H groups in total. The second-order valence-electron chi connectivity index (χ2n) is 7.00. The Balaban J connectivity index is 0.000000606. The number of rotatable bonds is 2. The van der Waals surface area contributed by atoms with Crippen LogP contribution in [0, 0.1) is 0 Å². The minimum absolute atomic E-state index is 1.16. The summed E-state index contributed by atoms with van der Waals surface area (Å²) in [5, 5.41) is 2.57. The maximum atomic E-state index is 2.32. The molecular weight excluding hydrogens is 360 g/mol. The number of fused-ring (bicyclic) bond motifs is 2. The lowest BCUT2D eigenvalue weighted by molar-refractivity contribution is 0.986. The third kappa shape index (κ3) is 4.71. The van der Waals surface area contributed by atoms with Gasteiger partial charge in [0.1, 0.15) is 0 Å². The molecule has 1 aliphatic rings. The quantitative estimate of drug-likeness (QED) is 0.319. The Labute approximate surface area is 181 Å². The maximum absolute atomic E-state index is 2.32. The first kappa shape index (κ1) is 21.6. The largest absolute Gasteiger partial charge is 0.0836 e. The highest BCUT2D eigenvalue weighted by molar-refractivity contribution is 5.88. The Kier molecular flexibility index (Phi) is 7.63. The lowest BCUT2D eigenvalue weighted by Gasteiger charge is -2.13. The van der Waals surface area contributed by atoms with Crippen molar-refractivity contribution in [2.75, 3.05) is 0 Å². The van der Waals surface area contributed by atoms with Crippen molar-refractivity contribution in [2.24, 2.45) is 0 Å². The highest BCUT2D eigenvalue weighted by Crippen LogP contribution is 2.31. The molecule has 0 bridgehead atoms. The molecule has 0 amide bonds. The molecule has 0 aliphatic heterocycles. The van der Waals surface area contributed by atoms with Gasteiger partial charge in [-0.05, 0) is 75.2 Å². The summed E-state index contributed by atoms with van der Waals surface area (Å²) in [5.41, 5.74) is 7.92. The molecular formula is C30H32. The molecule has 0 saturated heterocycles. The average Bonchev–Trinajstić information content (AvgIpc) is 2.86. The Morgan fingerprint density at radius 1 is 0.533 bits per heavy atom. The Morgan fingerprint density at radius 3 is 1.93 bits per heavy atom. The fourth-order valence-corrected chi connectivity index (χ4v) is 3.85. The summed E-state index contributed by atoms with van der Waals surface area (Å²) >= 11 is 0. The first-order valence-electron chi connectivity index (χ1n) is 11.3. The summed E-state index contributed by atoms with van der Waals surface area (Å²) < 4.78 is 0. The lowest BCUT2D eigenvalue weighted by atomic mass is 9.92. The van der Waals surface area contributed by atoms with E-state index in [1.54, 1.807) is 0 Å². The van der Waals surface area contributed by atoms with Crippen molar-refractivity contribution >= 4 is 16.8 Å². The van der Waals surface area contributed by atoms with Gasteiger partial charge in [0.05, 0.1) is 0 Å². The molecule has 0 heterocycles. The van der Waals surface area contributed by atoms with E-state index in [-0.39, 0.29) is 0 Å². The van der Waals surface area contributed by atoms with Gasteiger partial charge in [-0.1, -0.05) is 107 Å². The zero-order chi connectivity index (χ0) is 21.3. The van der Waals surface area contributed by atoms with Crippen LogP contribution >= 0.6 is 0 Å². The van der Waals surface area contributed by atoms with Gasteiger partial charge >= 0.3 is 0 Å². The number of benzene rings is 4. The van der Waals surface area contributed by atoms with Gasteiger partial charge in [-0.15, -0.1) is 0 Å². The fraction of sp³-hybridized carbons (Fsp3) is 0.200. The molecule has 5 rings (SSSR count). The second kappa shape index (κ2) is 10.6. The molecule has 0 unspecified atom stereocenters. The molecule has 0 aromatic heterocycles. The first-order valence-corrected chi connectivity index (χ1v) is 11.3. The Morgan fingerprint density at radius 2 is 1.17 bits per heavy atom. The highest BCUT2D eigenvalue weighted by atomic mass is 14.1. The number of hydrogen-bond donors (Lipinski definition) is 0. The zero-order valence-corrected chi connectivity index (χ0v) is 18.7. The van der Waals surface area contributed by atoms with E-state index in [4.69, 9.17) is 0 Å². The number of allylic oxidation sites excluding steroid dienone is 1. The van der Waals surface area contributed by atoms with Crippen LogP contribution in [0.3, 0.4) is 0 Å². The van der Waals surface area contributed by atoms with Gasteiger partial charge in [-0.3, -0.25) is 0 Å². The van der Waals surface area contributed by atoms with Crippen molar-refractivity contribution in [1.82, 2.24) is 0 Å². The van der Waals surface area contributed by atoms with E-state index >= 15 is 0 Å². The fourth-order valence-electron chi connectivity index (χ4n) is 3.85. The van der Waals surface area contributed by atoms with Crippen molar-refractivity contribution in [1.29, 1.82) is 0 Å². The Bertz CT molecular complexity index is 1130. The van der Waals surface area contributed by atoms with E-state index in [0.717, 1.165) is 12.8 Å². The molecule has 0 radical (unpaired) electrons. The molecule has 0 nitrogen and oxygen atoms in total. The summed E-state index contributed by atoms with van der Waals surface area (Å²) in [6.45, 7) is 8.00. The van der Waals surface area contributed by atoms with Crippen LogP contribution in [0.2, 0.25) is 0 Å². The molecule has 1 aliphatic carbocycles. The summed E-state index contributed by atoms with van der Waals surface area (Å²) in [6.07, 6.45) is 6.85. The first-order chi connectivity index (χ1) is 14.9. The van der Waals surface area contributed by atoms with Gasteiger partial charge in [0, 0.05) is 0 Å². The van der Waals surface area contributed by atoms with Crippen LogP contribution in [0.15, 0.2) is 91.0 Å². The predicted molar refractivity (Wildman–Crippen MR) is 135 cm³/mol. The van der Waals surface area contributed by atoms with Gasteiger partial charge in [-0.2, -0.15) is 0 Å². The summed E-state index contributed by atoms with van der Waals surface area (Å²) in [5.74, 6) is 0. The second-order valence-corrected chi connectivity index (χ2v) is 7.00. The van der Waals surface area contributed by atoms with Crippen molar-refractivity contribution in [3.8, 4) is 22.3 Å². The smallest absolute Gasteiger partial charge is 0.0177 e. The molecule has 152 valence electrons. The highest BCUT2D eigenvalue weighted by Gasteiger charge is 2.07. The molecule has 30 heavy (non-hydrogen) atoms. The summed E-state index contributed by atoms with van der Waals surface area (Å²) in [6, 6.07) is 31.0. The van der Waals surface area contributed by atoms with E-state index in [2.05, 4.69) is 97.1 Å². The van der Waals surface area contributed by atoms with E-state index < -0.39 is 0 Å². The monoisotopic (exact) mass is 392 g/mol. The van der Waals surface area contributed by atoms with Crippen molar-refractivity contribution in [3.05, 3.63) is 102 Å². The molecule has 0 spiro atoms. The maximum Gasteiger partial charge on any atom is -0.0177 e.